The molecule has 0 unspecified atom stereocenters. The van der Waals surface area contributed by atoms with E-state index >= 15 is 0 Å². The fraction of sp³-hybridized carbons (Fsp3) is 0.182. The summed E-state index contributed by atoms with van der Waals surface area (Å²) in [7, 11) is 0. The van der Waals surface area contributed by atoms with Gasteiger partial charge in [0.15, 0.2) is 0 Å². The molecule has 1 aromatic carbocycles. The third-order valence-corrected chi connectivity index (χ3v) is 3.54. The van der Waals surface area contributed by atoms with Crippen LogP contribution in [0.15, 0.2) is 29.6 Å². The highest BCUT2D eigenvalue weighted by Crippen LogP contribution is 2.29. The predicted octanol–water partition coefficient (Wildman–Crippen LogP) is 3.20. The molecule has 1 amide bonds. The summed E-state index contributed by atoms with van der Waals surface area (Å²) in [5.41, 5.74) is 0.926. The Morgan fingerprint density at radius 1 is 1.47 bits per heavy atom. The van der Waals surface area contributed by atoms with Crippen LogP contribution >= 0.6 is 23.1 Å². The Morgan fingerprint density at radius 2 is 2.27 bits per heavy atom. The Bertz CT molecular complexity index is 478. The van der Waals surface area contributed by atoms with Crippen molar-refractivity contribution in [3.63, 3.8) is 0 Å². The first-order valence-corrected chi connectivity index (χ1v) is 6.83. The van der Waals surface area contributed by atoms with Crippen molar-refractivity contribution in [2.24, 2.45) is 0 Å². The summed E-state index contributed by atoms with van der Waals surface area (Å²) in [5, 5.41) is 6.03. The second-order valence-corrected chi connectivity index (χ2v) is 4.90. The lowest BCUT2D eigenvalue weighted by molar-refractivity contribution is -0.113. The average molecular weight is 237 g/mol. The van der Waals surface area contributed by atoms with Crippen LogP contribution in [0.2, 0.25) is 0 Å². The molecule has 0 fully saturated rings. The Hall–Kier alpha value is -1.00. The number of carbonyl (C=O) groups excluding carboxylic acids is 1. The molecule has 4 heteroatoms. The van der Waals surface area contributed by atoms with Crippen LogP contribution in [0.1, 0.15) is 0 Å². The fourth-order valence-electron chi connectivity index (χ4n) is 1.39. The van der Waals surface area contributed by atoms with Gasteiger partial charge in [0, 0.05) is 15.5 Å². The van der Waals surface area contributed by atoms with Gasteiger partial charge in [-0.2, -0.15) is 11.8 Å². The van der Waals surface area contributed by atoms with Crippen LogP contribution in [0.5, 0.6) is 0 Å². The lowest BCUT2D eigenvalue weighted by Crippen LogP contribution is -2.13. The van der Waals surface area contributed by atoms with Crippen LogP contribution in [0.3, 0.4) is 0 Å². The van der Waals surface area contributed by atoms with Gasteiger partial charge in [0.05, 0.1) is 11.4 Å². The van der Waals surface area contributed by atoms with E-state index in [1.807, 2.05) is 29.8 Å². The number of thiophene rings is 1. The van der Waals surface area contributed by atoms with Gasteiger partial charge in [-0.15, -0.1) is 11.3 Å². The molecule has 1 aromatic heterocycles. The van der Waals surface area contributed by atoms with E-state index in [0.29, 0.717) is 5.75 Å². The van der Waals surface area contributed by atoms with E-state index in [2.05, 4.69) is 11.4 Å². The summed E-state index contributed by atoms with van der Waals surface area (Å²) in [5.74, 6) is 0.565. The Morgan fingerprint density at radius 3 is 3.07 bits per heavy atom. The van der Waals surface area contributed by atoms with E-state index < -0.39 is 0 Å². The first-order chi connectivity index (χ1) is 7.31. The van der Waals surface area contributed by atoms with Crippen molar-refractivity contribution in [1.82, 2.24) is 0 Å². The molecule has 1 N–H and O–H groups in total. The van der Waals surface area contributed by atoms with Gasteiger partial charge in [0.2, 0.25) is 5.91 Å². The highest BCUT2D eigenvalue weighted by Gasteiger charge is 2.06. The maximum absolute atomic E-state index is 11.4. The quantitative estimate of drug-likeness (QED) is 0.888. The second kappa shape index (κ2) is 4.68. The number of thioether (sulfide) groups is 1. The van der Waals surface area contributed by atoms with Crippen LogP contribution in [0, 0.1) is 0 Å². The molecule has 0 saturated heterocycles. The van der Waals surface area contributed by atoms with E-state index in [1.165, 1.54) is 16.5 Å². The van der Waals surface area contributed by atoms with Gasteiger partial charge in [-0.3, -0.25) is 4.79 Å². The van der Waals surface area contributed by atoms with Gasteiger partial charge in [-0.25, -0.2) is 0 Å². The molecule has 0 aliphatic rings. The smallest absolute Gasteiger partial charge is 0.234 e. The number of nitrogens with one attached hydrogen (secondary N) is 1. The molecule has 0 saturated carbocycles. The van der Waals surface area contributed by atoms with E-state index in [9.17, 15) is 4.79 Å². The fourth-order valence-corrected chi connectivity index (χ4v) is 2.62. The lowest BCUT2D eigenvalue weighted by atomic mass is 10.2. The Labute approximate surface area is 96.7 Å². The number of rotatable bonds is 3. The van der Waals surface area contributed by atoms with Crippen LogP contribution < -0.4 is 5.32 Å². The number of amides is 1. The molecule has 0 atom stereocenters. The summed E-state index contributed by atoms with van der Waals surface area (Å²) in [6.07, 6.45) is 1.92. The van der Waals surface area contributed by atoms with Crippen LogP contribution in [-0.2, 0) is 4.79 Å². The third-order valence-electron chi connectivity index (χ3n) is 2.03. The number of carbonyl (C=O) groups is 1. The van der Waals surface area contributed by atoms with E-state index in [1.54, 1.807) is 11.3 Å². The molecule has 0 spiro atoms. The monoisotopic (exact) mass is 237 g/mol. The molecule has 2 nitrogen and oxygen atoms in total. The van der Waals surface area contributed by atoms with Crippen molar-refractivity contribution in [3.8, 4) is 0 Å². The number of benzene rings is 1. The first kappa shape index (κ1) is 10.5. The summed E-state index contributed by atoms with van der Waals surface area (Å²) in [6, 6.07) is 8.08. The molecule has 15 heavy (non-hydrogen) atoms. The Kier molecular flexibility index (Phi) is 3.28. The molecule has 0 aliphatic heterocycles. The third kappa shape index (κ3) is 2.33. The van der Waals surface area contributed by atoms with Gasteiger partial charge in [0.1, 0.15) is 0 Å². The van der Waals surface area contributed by atoms with Gasteiger partial charge >= 0.3 is 0 Å². The zero-order valence-electron chi connectivity index (χ0n) is 8.32. The predicted molar refractivity (Wildman–Crippen MR) is 68.8 cm³/mol. The van der Waals surface area contributed by atoms with E-state index in [0.717, 1.165) is 11.1 Å². The molecule has 1 heterocycles. The zero-order valence-corrected chi connectivity index (χ0v) is 9.95. The van der Waals surface area contributed by atoms with Crippen molar-refractivity contribution in [3.05, 3.63) is 29.6 Å². The summed E-state index contributed by atoms with van der Waals surface area (Å²) < 4.78 is 1.21. The summed E-state index contributed by atoms with van der Waals surface area (Å²) in [6.45, 7) is 0. The minimum atomic E-state index is 0.0612. The van der Waals surface area contributed by atoms with Gasteiger partial charge in [-0.05, 0) is 12.3 Å². The van der Waals surface area contributed by atoms with E-state index in [-0.39, 0.29) is 5.91 Å². The topological polar surface area (TPSA) is 29.1 Å². The highest BCUT2D eigenvalue weighted by atomic mass is 32.2. The summed E-state index contributed by atoms with van der Waals surface area (Å²) in [4.78, 5) is 11.4. The molecular weight excluding hydrogens is 226 g/mol. The molecule has 2 aromatic rings. The zero-order chi connectivity index (χ0) is 10.7. The standard InChI is InChI=1S/C11H11NOS2/c1-14-7-11(13)12-9-6-15-10-5-3-2-4-8(9)10/h2-6H,7H2,1H3,(H,12,13). The maximum atomic E-state index is 11.4. The summed E-state index contributed by atoms with van der Waals surface area (Å²) >= 11 is 3.18. The minimum absolute atomic E-state index is 0.0612. The molecule has 2 rings (SSSR count). The lowest BCUT2D eigenvalue weighted by Gasteiger charge is -2.01. The second-order valence-electron chi connectivity index (χ2n) is 3.13. The number of hydrogen-bond acceptors (Lipinski definition) is 3. The van der Waals surface area contributed by atoms with Crippen molar-refractivity contribution in [1.29, 1.82) is 0 Å². The highest BCUT2D eigenvalue weighted by molar-refractivity contribution is 7.99. The number of fused-ring (bicyclic) bond motifs is 1. The van der Waals surface area contributed by atoms with Crippen LogP contribution in [0.25, 0.3) is 10.1 Å². The molecular formula is C11H11NOS2. The number of anilines is 1. The molecule has 0 aliphatic carbocycles. The Balaban J connectivity index is 2.25. The van der Waals surface area contributed by atoms with Crippen LogP contribution in [-0.4, -0.2) is 17.9 Å². The van der Waals surface area contributed by atoms with Crippen molar-refractivity contribution in [2.75, 3.05) is 17.3 Å². The van der Waals surface area contributed by atoms with Crippen molar-refractivity contribution >= 4 is 44.8 Å². The number of hydrogen-bond donors (Lipinski definition) is 1. The van der Waals surface area contributed by atoms with Gasteiger partial charge in [-0.1, -0.05) is 18.2 Å². The minimum Gasteiger partial charge on any atom is -0.324 e. The largest absolute Gasteiger partial charge is 0.324 e. The van der Waals surface area contributed by atoms with Gasteiger partial charge < -0.3 is 5.32 Å². The van der Waals surface area contributed by atoms with Gasteiger partial charge in [0.25, 0.3) is 0 Å². The van der Waals surface area contributed by atoms with Crippen molar-refractivity contribution in [2.45, 2.75) is 0 Å². The normalized spacial score (nSPS) is 10.5. The first-order valence-electron chi connectivity index (χ1n) is 4.56. The van der Waals surface area contributed by atoms with Crippen LogP contribution in [0.4, 0.5) is 5.69 Å². The van der Waals surface area contributed by atoms with E-state index in [4.69, 9.17) is 0 Å². The molecule has 0 bridgehead atoms. The average Bonchev–Trinajstić information content (AvgIpc) is 2.62. The maximum Gasteiger partial charge on any atom is 0.234 e. The molecule has 78 valence electrons. The SMILES string of the molecule is CSCC(=O)Nc1csc2ccccc12. The van der Waals surface area contributed by atoms with Crippen molar-refractivity contribution < 1.29 is 4.79 Å². The molecule has 0 radical (unpaired) electrons.